The molecular weight excluding hydrogens is 220 g/mol. The van der Waals surface area contributed by atoms with Crippen molar-refractivity contribution in [3.63, 3.8) is 0 Å². The summed E-state index contributed by atoms with van der Waals surface area (Å²) < 4.78 is 33.3. The summed E-state index contributed by atoms with van der Waals surface area (Å²) in [6, 6.07) is -0.553. The molecule has 2 atom stereocenters. The van der Waals surface area contributed by atoms with Crippen LogP contribution in [0.4, 0.5) is 8.78 Å². The molecule has 1 aliphatic rings. The van der Waals surface area contributed by atoms with Crippen molar-refractivity contribution in [2.45, 2.75) is 51.6 Å². The molecule has 0 saturated carbocycles. The summed E-state index contributed by atoms with van der Waals surface area (Å²) in [5, 5.41) is 2.80. The number of ether oxygens (including phenoxy) is 2. The summed E-state index contributed by atoms with van der Waals surface area (Å²) in [7, 11) is 0. The van der Waals surface area contributed by atoms with Crippen LogP contribution in [0.1, 0.15) is 27.2 Å². The van der Waals surface area contributed by atoms with Gasteiger partial charge in [0.25, 0.3) is 0 Å². The molecule has 0 amide bonds. The third-order valence-electron chi connectivity index (χ3n) is 2.08. The van der Waals surface area contributed by atoms with Crippen LogP contribution in [0.3, 0.4) is 0 Å². The van der Waals surface area contributed by atoms with Gasteiger partial charge in [-0.15, -0.1) is 0 Å². The predicted molar refractivity (Wildman–Crippen MR) is 53.1 cm³/mol. The summed E-state index contributed by atoms with van der Waals surface area (Å²) in [6.07, 6.45) is -0.406. The van der Waals surface area contributed by atoms with Gasteiger partial charge in [-0.2, -0.15) is 8.78 Å². The Balaban J connectivity index is 2.38. The summed E-state index contributed by atoms with van der Waals surface area (Å²) in [4.78, 5) is 11.6. The molecule has 1 heterocycles. The molecule has 4 nitrogen and oxygen atoms in total. The van der Waals surface area contributed by atoms with E-state index in [1.807, 2.05) is 0 Å². The second kappa shape index (κ2) is 5.05. The van der Waals surface area contributed by atoms with Crippen LogP contribution >= 0.6 is 0 Å². The summed E-state index contributed by atoms with van der Waals surface area (Å²) in [5.41, 5.74) is -0.569. The van der Waals surface area contributed by atoms with Crippen molar-refractivity contribution in [1.29, 1.82) is 0 Å². The molecule has 0 aromatic carbocycles. The number of hydrogen-bond acceptors (Lipinski definition) is 4. The van der Waals surface area contributed by atoms with Crippen molar-refractivity contribution >= 4 is 5.97 Å². The van der Waals surface area contributed by atoms with E-state index in [2.05, 4.69) is 10.1 Å². The highest BCUT2D eigenvalue weighted by molar-refractivity contribution is 5.76. The zero-order valence-corrected chi connectivity index (χ0v) is 9.63. The largest absolute Gasteiger partial charge is 0.459 e. The number of alkyl halides is 2. The van der Waals surface area contributed by atoms with Gasteiger partial charge < -0.3 is 14.8 Å². The van der Waals surface area contributed by atoms with Crippen molar-refractivity contribution in [3.8, 4) is 0 Å². The van der Waals surface area contributed by atoms with Gasteiger partial charge in [-0.05, 0) is 20.8 Å². The molecular formula is C10H17F2NO3. The standard InChI is InChI=1S/C10H17F2NO3/c1-10(2,3)16-8(14)7-4-6(5-13-7)15-9(11)12/h6-7,9,13H,4-5H2,1-3H3/t6-,7+/m0/s1. The van der Waals surface area contributed by atoms with Gasteiger partial charge in [0.1, 0.15) is 11.6 Å². The second-order valence-corrected chi connectivity index (χ2v) is 4.75. The van der Waals surface area contributed by atoms with E-state index in [0.29, 0.717) is 0 Å². The van der Waals surface area contributed by atoms with Crippen LogP contribution in [0, 0.1) is 0 Å². The molecule has 1 aliphatic heterocycles. The van der Waals surface area contributed by atoms with Crippen molar-refractivity contribution in [2.75, 3.05) is 6.54 Å². The Morgan fingerprint density at radius 2 is 2.06 bits per heavy atom. The van der Waals surface area contributed by atoms with E-state index in [1.165, 1.54) is 0 Å². The summed E-state index contributed by atoms with van der Waals surface area (Å²) in [6.45, 7) is 2.71. The van der Waals surface area contributed by atoms with Crippen LogP contribution < -0.4 is 5.32 Å². The fourth-order valence-electron chi connectivity index (χ4n) is 1.50. The molecule has 1 saturated heterocycles. The molecule has 0 aromatic heterocycles. The van der Waals surface area contributed by atoms with Crippen molar-refractivity contribution in [1.82, 2.24) is 5.32 Å². The maximum atomic E-state index is 11.9. The molecule has 1 N–H and O–H groups in total. The first-order valence-corrected chi connectivity index (χ1v) is 5.18. The number of carbonyl (C=O) groups is 1. The Kier molecular flexibility index (Phi) is 4.21. The first-order valence-electron chi connectivity index (χ1n) is 5.18. The van der Waals surface area contributed by atoms with Crippen LogP contribution in [0.15, 0.2) is 0 Å². The summed E-state index contributed by atoms with van der Waals surface area (Å²) >= 11 is 0. The fraction of sp³-hybridized carbons (Fsp3) is 0.900. The molecule has 0 spiro atoms. The molecule has 94 valence electrons. The Labute approximate surface area is 93.3 Å². The van der Waals surface area contributed by atoms with Gasteiger partial charge in [0.05, 0.1) is 6.10 Å². The number of esters is 1. The van der Waals surface area contributed by atoms with Crippen molar-refractivity contribution in [3.05, 3.63) is 0 Å². The lowest BCUT2D eigenvalue weighted by molar-refractivity contribution is -0.163. The number of nitrogens with one attached hydrogen (secondary N) is 1. The predicted octanol–water partition coefficient (Wildman–Crippen LogP) is 1.30. The molecule has 6 heteroatoms. The first-order chi connectivity index (χ1) is 7.28. The Morgan fingerprint density at radius 3 is 2.56 bits per heavy atom. The smallest absolute Gasteiger partial charge is 0.345 e. The van der Waals surface area contributed by atoms with E-state index in [4.69, 9.17) is 4.74 Å². The van der Waals surface area contributed by atoms with Gasteiger partial charge in [-0.3, -0.25) is 4.79 Å². The molecule has 0 bridgehead atoms. The number of rotatable bonds is 3. The molecule has 1 rings (SSSR count). The van der Waals surface area contributed by atoms with Gasteiger partial charge >= 0.3 is 12.6 Å². The highest BCUT2D eigenvalue weighted by Gasteiger charge is 2.34. The highest BCUT2D eigenvalue weighted by Crippen LogP contribution is 2.17. The van der Waals surface area contributed by atoms with Gasteiger partial charge in [0, 0.05) is 13.0 Å². The number of carbonyl (C=O) groups excluding carboxylic acids is 1. The Morgan fingerprint density at radius 1 is 1.44 bits per heavy atom. The van der Waals surface area contributed by atoms with Crippen LogP contribution in [0.5, 0.6) is 0 Å². The molecule has 0 unspecified atom stereocenters. The van der Waals surface area contributed by atoms with Crippen molar-refractivity contribution in [2.24, 2.45) is 0 Å². The minimum absolute atomic E-state index is 0.221. The lowest BCUT2D eigenvalue weighted by atomic mass is 10.1. The van der Waals surface area contributed by atoms with Gasteiger partial charge in [-0.25, -0.2) is 0 Å². The topological polar surface area (TPSA) is 47.6 Å². The van der Waals surface area contributed by atoms with Crippen LogP contribution in [0.25, 0.3) is 0 Å². The van der Waals surface area contributed by atoms with E-state index in [9.17, 15) is 13.6 Å². The molecule has 1 fully saturated rings. The third kappa shape index (κ3) is 4.40. The molecule has 0 aliphatic carbocycles. The van der Waals surface area contributed by atoms with Crippen LogP contribution in [-0.2, 0) is 14.3 Å². The van der Waals surface area contributed by atoms with Crippen molar-refractivity contribution < 1.29 is 23.0 Å². The van der Waals surface area contributed by atoms with Gasteiger partial charge in [-0.1, -0.05) is 0 Å². The second-order valence-electron chi connectivity index (χ2n) is 4.75. The van der Waals surface area contributed by atoms with E-state index in [0.717, 1.165) is 0 Å². The first kappa shape index (κ1) is 13.3. The maximum absolute atomic E-state index is 11.9. The SMILES string of the molecule is CC(C)(C)OC(=O)[C@H]1C[C@H](OC(F)F)CN1. The van der Waals surface area contributed by atoms with E-state index in [-0.39, 0.29) is 13.0 Å². The quantitative estimate of drug-likeness (QED) is 0.751. The highest BCUT2D eigenvalue weighted by atomic mass is 19.3. The summed E-state index contributed by atoms with van der Waals surface area (Å²) in [5.74, 6) is -0.423. The van der Waals surface area contributed by atoms with E-state index >= 15 is 0 Å². The van der Waals surface area contributed by atoms with Crippen LogP contribution in [0.2, 0.25) is 0 Å². The lowest BCUT2D eigenvalue weighted by Gasteiger charge is -2.22. The zero-order valence-electron chi connectivity index (χ0n) is 9.63. The van der Waals surface area contributed by atoms with Gasteiger partial charge in [0.15, 0.2) is 0 Å². The van der Waals surface area contributed by atoms with Gasteiger partial charge in [0.2, 0.25) is 0 Å². The lowest BCUT2D eigenvalue weighted by Crippen LogP contribution is -2.37. The average Bonchev–Trinajstić information content (AvgIpc) is 2.48. The number of hydrogen-bond donors (Lipinski definition) is 1. The molecule has 16 heavy (non-hydrogen) atoms. The minimum atomic E-state index is -2.80. The Hall–Kier alpha value is -0.750. The normalized spacial score (nSPS) is 26.1. The zero-order chi connectivity index (χ0) is 12.3. The number of halogens is 2. The van der Waals surface area contributed by atoms with E-state index < -0.39 is 30.3 Å². The fourth-order valence-corrected chi connectivity index (χ4v) is 1.50. The molecule has 0 radical (unpaired) electrons. The van der Waals surface area contributed by atoms with Crippen LogP contribution in [-0.4, -0.2) is 36.9 Å². The average molecular weight is 237 g/mol. The third-order valence-corrected chi connectivity index (χ3v) is 2.08. The maximum Gasteiger partial charge on any atom is 0.345 e. The van der Waals surface area contributed by atoms with E-state index in [1.54, 1.807) is 20.8 Å². The monoisotopic (exact) mass is 237 g/mol. The Bertz CT molecular complexity index is 253. The minimum Gasteiger partial charge on any atom is -0.459 e. The molecule has 0 aromatic rings.